The SMILES string of the molecule is Cc1ccc([C@H]2c3cccn3-c3c(c(C)nn3-c3ccccc3)CN2C(=O)Nc2ccc3c(c2)OCO3)cc1. The topological polar surface area (TPSA) is 73.6 Å². The molecule has 2 amide bonds. The van der Waals surface area contributed by atoms with E-state index in [0.29, 0.717) is 23.7 Å². The number of aromatic nitrogens is 3. The van der Waals surface area contributed by atoms with E-state index < -0.39 is 0 Å². The molecule has 8 nitrogen and oxygen atoms in total. The first kappa shape index (κ1) is 23.2. The maximum atomic E-state index is 14.1. The van der Waals surface area contributed by atoms with Crippen molar-refractivity contribution >= 4 is 11.7 Å². The molecule has 2 aromatic heterocycles. The van der Waals surface area contributed by atoms with Crippen LogP contribution in [0.1, 0.15) is 34.1 Å². The Labute approximate surface area is 226 Å². The standard InChI is InChI=1S/C31H27N5O3/c1-20-10-12-22(13-11-20)29-26-9-6-16-34(26)30-25(21(2)33-36(30)24-7-4-3-5-8-24)18-35(29)31(37)32-23-14-15-27-28(17-23)39-19-38-27/h3-17,29H,18-19H2,1-2H3,(H,32,37)/t29-/m0/s1. The molecule has 8 heteroatoms. The van der Waals surface area contributed by atoms with Crippen molar-refractivity contribution in [2.75, 3.05) is 12.1 Å². The lowest BCUT2D eigenvalue weighted by atomic mass is 10.0. The van der Waals surface area contributed by atoms with Crippen molar-refractivity contribution in [1.29, 1.82) is 0 Å². The Morgan fingerprint density at radius 2 is 1.72 bits per heavy atom. The predicted octanol–water partition coefficient (Wildman–Crippen LogP) is 6.15. The van der Waals surface area contributed by atoms with Crippen molar-refractivity contribution in [2.45, 2.75) is 26.4 Å². The third-order valence-electron chi connectivity index (χ3n) is 7.36. The first-order valence-corrected chi connectivity index (χ1v) is 12.9. The highest BCUT2D eigenvalue weighted by molar-refractivity contribution is 5.90. The van der Waals surface area contributed by atoms with Crippen molar-refractivity contribution < 1.29 is 14.3 Å². The Hall–Kier alpha value is -4.98. The summed E-state index contributed by atoms with van der Waals surface area (Å²) in [6.07, 6.45) is 2.05. The molecule has 0 saturated carbocycles. The van der Waals surface area contributed by atoms with E-state index >= 15 is 0 Å². The summed E-state index contributed by atoms with van der Waals surface area (Å²) in [5.41, 5.74) is 6.65. The van der Waals surface area contributed by atoms with Gasteiger partial charge in [0.15, 0.2) is 11.5 Å². The van der Waals surface area contributed by atoms with E-state index in [-0.39, 0.29) is 18.9 Å². The summed E-state index contributed by atoms with van der Waals surface area (Å²) in [6, 6.07) is 27.5. The smallest absolute Gasteiger partial charge is 0.322 e. The number of carbonyl (C=O) groups excluding carboxylic acids is 1. The Kier molecular flexibility index (Phi) is 5.40. The first-order chi connectivity index (χ1) is 19.1. The second-order valence-electron chi connectivity index (χ2n) is 9.88. The van der Waals surface area contributed by atoms with Crippen LogP contribution in [0.5, 0.6) is 11.5 Å². The Morgan fingerprint density at radius 1 is 0.923 bits per heavy atom. The molecule has 0 spiro atoms. The fourth-order valence-electron chi connectivity index (χ4n) is 5.42. The molecule has 2 aliphatic rings. The van der Waals surface area contributed by atoms with Crippen molar-refractivity contribution in [2.24, 2.45) is 0 Å². The van der Waals surface area contributed by atoms with Crippen LogP contribution in [0.2, 0.25) is 0 Å². The summed E-state index contributed by atoms with van der Waals surface area (Å²) < 4.78 is 15.1. The number of amides is 2. The van der Waals surface area contributed by atoms with Crippen molar-refractivity contribution in [1.82, 2.24) is 19.2 Å². The zero-order valence-corrected chi connectivity index (χ0v) is 21.7. The zero-order chi connectivity index (χ0) is 26.5. The number of ether oxygens (including phenoxy) is 2. The molecule has 0 radical (unpaired) electrons. The summed E-state index contributed by atoms with van der Waals surface area (Å²) in [6.45, 7) is 4.63. The molecule has 0 unspecified atom stereocenters. The van der Waals surface area contributed by atoms with Gasteiger partial charge in [0.2, 0.25) is 6.79 Å². The minimum Gasteiger partial charge on any atom is -0.454 e. The van der Waals surface area contributed by atoms with Gasteiger partial charge in [0, 0.05) is 23.5 Å². The summed E-state index contributed by atoms with van der Waals surface area (Å²) in [7, 11) is 0. The average Bonchev–Trinajstić information content (AvgIpc) is 3.67. The molecule has 3 aromatic carbocycles. The van der Waals surface area contributed by atoms with Gasteiger partial charge in [-0.05, 0) is 55.8 Å². The normalized spacial score (nSPS) is 15.4. The van der Waals surface area contributed by atoms with Crippen LogP contribution in [0.3, 0.4) is 0 Å². The van der Waals surface area contributed by atoms with Crippen LogP contribution < -0.4 is 14.8 Å². The van der Waals surface area contributed by atoms with Gasteiger partial charge in [-0.1, -0.05) is 48.0 Å². The van der Waals surface area contributed by atoms with Crippen LogP contribution in [0.25, 0.3) is 11.5 Å². The fraction of sp³-hybridized carbons (Fsp3) is 0.161. The third kappa shape index (κ3) is 3.92. The zero-order valence-electron chi connectivity index (χ0n) is 21.7. The lowest BCUT2D eigenvalue weighted by Crippen LogP contribution is -2.38. The Balaban J connectivity index is 1.37. The molecule has 1 atom stereocenters. The number of nitrogens with zero attached hydrogens (tertiary/aromatic N) is 4. The third-order valence-corrected chi connectivity index (χ3v) is 7.36. The Morgan fingerprint density at radius 3 is 2.54 bits per heavy atom. The average molecular weight is 518 g/mol. The van der Waals surface area contributed by atoms with E-state index in [0.717, 1.165) is 39.6 Å². The van der Waals surface area contributed by atoms with E-state index in [1.165, 1.54) is 0 Å². The lowest BCUT2D eigenvalue weighted by molar-refractivity contribution is 0.174. The van der Waals surface area contributed by atoms with Gasteiger partial charge in [0.05, 0.1) is 29.7 Å². The molecule has 39 heavy (non-hydrogen) atoms. The van der Waals surface area contributed by atoms with Gasteiger partial charge < -0.3 is 24.3 Å². The van der Waals surface area contributed by atoms with Gasteiger partial charge in [-0.2, -0.15) is 5.10 Å². The van der Waals surface area contributed by atoms with Crippen LogP contribution in [-0.2, 0) is 6.54 Å². The van der Waals surface area contributed by atoms with E-state index in [2.05, 4.69) is 53.3 Å². The number of aryl methyl sites for hydroxylation is 2. The van der Waals surface area contributed by atoms with Crippen LogP contribution in [0.15, 0.2) is 91.1 Å². The number of hydrogen-bond acceptors (Lipinski definition) is 4. The highest BCUT2D eigenvalue weighted by Crippen LogP contribution is 2.39. The highest BCUT2D eigenvalue weighted by Gasteiger charge is 2.36. The number of hydrogen-bond donors (Lipinski definition) is 1. The number of carbonyl (C=O) groups is 1. The van der Waals surface area contributed by atoms with Crippen LogP contribution in [-0.4, -0.2) is 32.1 Å². The largest absolute Gasteiger partial charge is 0.454 e. The summed E-state index contributed by atoms with van der Waals surface area (Å²) in [5.74, 6) is 2.23. The lowest BCUT2D eigenvalue weighted by Gasteiger charge is -2.31. The maximum Gasteiger partial charge on any atom is 0.322 e. The molecule has 194 valence electrons. The number of urea groups is 1. The highest BCUT2D eigenvalue weighted by atomic mass is 16.7. The molecular weight excluding hydrogens is 490 g/mol. The molecule has 0 bridgehead atoms. The first-order valence-electron chi connectivity index (χ1n) is 12.9. The van der Waals surface area contributed by atoms with Crippen molar-refractivity contribution in [3.8, 4) is 23.0 Å². The van der Waals surface area contributed by atoms with Crippen LogP contribution in [0, 0.1) is 13.8 Å². The molecule has 0 aliphatic carbocycles. The molecular formula is C31H27N5O3. The number of nitrogens with one attached hydrogen (secondary N) is 1. The second kappa shape index (κ2) is 9.09. The van der Waals surface area contributed by atoms with E-state index in [4.69, 9.17) is 14.6 Å². The van der Waals surface area contributed by atoms with Gasteiger partial charge in [-0.15, -0.1) is 0 Å². The molecule has 2 aliphatic heterocycles. The van der Waals surface area contributed by atoms with Gasteiger partial charge in [-0.25, -0.2) is 9.48 Å². The number of rotatable bonds is 3. The monoisotopic (exact) mass is 517 g/mol. The molecule has 7 rings (SSSR count). The molecule has 5 aromatic rings. The van der Waals surface area contributed by atoms with Crippen molar-refractivity contribution in [3.63, 3.8) is 0 Å². The summed E-state index contributed by atoms with van der Waals surface area (Å²) in [4.78, 5) is 16.0. The van der Waals surface area contributed by atoms with Crippen LogP contribution in [0.4, 0.5) is 10.5 Å². The minimum absolute atomic E-state index is 0.179. The number of fused-ring (bicyclic) bond motifs is 4. The molecule has 0 fully saturated rings. The number of anilines is 1. The van der Waals surface area contributed by atoms with Gasteiger partial charge in [-0.3, -0.25) is 0 Å². The van der Waals surface area contributed by atoms with Crippen molar-refractivity contribution in [3.05, 3.63) is 119 Å². The van der Waals surface area contributed by atoms with Gasteiger partial charge in [0.1, 0.15) is 5.82 Å². The number of benzene rings is 3. The van der Waals surface area contributed by atoms with Gasteiger partial charge in [0.25, 0.3) is 0 Å². The Bertz CT molecular complexity index is 1690. The van der Waals surface area contributed by atoms with E-state index in [1.807, 2.05) is 65.0 Å². The minimum atomic E-state index is -0.328. The van der Waals surface area contributed by atoms with Crippen LogP contribution >= 0.6 is 0 Å². The maximum absolute atomic E-state index is 14.1. The number of para-hydroxylation sites is 1. The fourth-order valence-corrected chi connectivity index (χ4v) is 5.42. The summed E-state index contributed by atoms with van der Waals surface area (Å²) in [5, 5.41) is 8.02. The van der Waals surface area contributed by atoms with Gasteiger partial charge >= 0.3 is 6.03 Å². The van der Waals surface area contributed by atoms with E-state index in [9.17, 15) is 4.79 Å². The molecule has 1 N–H and O–H groups in total. The summed E-state index contributed by atoms with van der Waals surface area (Å²) >= 11 is 0. The second-order valence-corrected chi connectivity index (χ2v) is 9.88. The predicted molar refractivity (Wildman–Crippen MR) is 148 cm³/mol. The quantitative estimate of drug-likeness (QED) is 0.312. The van der Waals surface area contributed by atoms with E-state index in [1.54, 1.807) is 6.07 Å². The molecule has 4 heterocycles. The molecule has 0 saturated heterocycles.